The Hall–Kier alpha value is -2.18. The van der Waals surface area contributed by atoms with Crippen LogP contribution in [0.2, 0.25) is 0 Å². The van der Waals surface area contributed by atoms with Crippen molar-refractivity contribution in [2.45, 2.75) is 25.9 Å². The summed E-state index contributed by atoms with van der Waals surface area (Å²) in [5.41, 5.74) is 1.05. The molecule has 0 spiro atoms. The zero-order chi connectivity index (χ0) is 17.5. The van der Waals surface area contributed by atoms with Crippen molar-refractivity contribution in [2.75, 3.05) is 0 Å². The highest BCUT2D eigenvalue weighted by Gasteiger charge is 2.44. The van der Waals surface area contributed by atoms with Gasteiger partial charge < -0.3 is 4.74 Å². The van der Waals surface area contributed by atoms with Gasteiger partial charge in [-0.3, -0.25) is 0 Å². The quantitative estimate of drug-likeness (QED) is 0.360. The van der Waals surface area contributed by atoms with Gasteiger partial charge in [0.2, 0.25) is 0 Å². The lowest BCUT2D eigenvalue weighted by Gasteiger charge is -2.17. The summed E-state index contributed by atoms with van der Waals surface area (Å²) < 4.78 is 79.1. The van der Waals surface area contributed by atoms with Gasteiger partial charge in [-0.05, 0) is 42.7 Å². The van der Waals surface area contributed by atoms with Gasteiger partial charge in [0.25, 0.3) is 0 Å². The molecule has 0 aliphatic heterocycles. The third-order valence-electron chi connectivity index (χ3n) is 2.76. The Morgan fingerprint density at radius 3 is 2.30 bits per heavy atom. The molecule has 0 aromatic heterocycles. The molecule has 0 bridgehead atoms. The molecule has 0 radical (unpaired) electrons. The Labute approximate surface area is 129 Å². The van der Waals surface area contributed by atoms with Gasteiger partial charge in [-0.25, -0.2) is 8.78 Å². The lowest BCUT2D eigenvalue weighted by atomic mass is 10.0. The monoisotopic (exact) mass is 336 g/mol. The minimum atomic E-state index is -4.74. The largest absolute Gasteiger partial charge is 0.461 e. The molecule has 0 saturated heterocycles. The van der Waals surface area contributed by atoms with Gasteiger partial charge in [0.15, 0.2) is 0 Å². The normalized spacial score (nSPS) is 13.9. The topological polar surface area (TPSA) is 9.23 Å². The number of alkyl halides is 4. The maximum atomic E-state index is 12.9. The molecule has 0 aliphatic carbocycles. The first-order valence-corrected chi connectivity index (χ1v) is 6.51. The first-order valence-electron chi connectivity index (χ1n) is 6.51. The van der Waals surface area contributed by atoms with E-state index in [2.05, 4.69) is 4.74 Å². The van der Waals surface area contributed by atoms with Crippen LogP contribution in [0.3, 0.4) is 0 Å². The van der Waals surface area contributed by atoms with E-state index >= 15 is 0 Å². The van der Waals surface area contributed by atoms with Crippen molar-refractivity contribution in [3.05, 3.63) is 71.5 Å². The summed E-state index contributed by atoms with van der Waals surface area (Å²) in [6.07, 6.45) is -5.66. The summed E-state index contributed by atoms with van der Waals surface area (Å²) >= 11 is 0. The number of hydrogen-bond donors (Lipinski definition) is 0. The fourth-order valence-electron chi connectivity index (χ4n) is 1.63. The van der Waals surface area contributed by atoms with Crippen molar-refractivity contribution in [1.29, 1.82) is 0 Å². The van der Waals surface area contributed by atoms with E-state index in [9.17, 15) is 26.3 Å². The lowest BCUT2D eigenvalue weighted by molar-refractivity contribution is -0.279. The van der Waals surface area contributed by atoms with Crippen LogP contribution in [0.25, 0.3) is 0 Å². The molecule has 0 N–H and O–H groups in total. The zero-order valence-corrected chi connectivity index (χ0v) is 12.1. The molecule has 0 amide bonds. The van der Waals surface area contributed by atoms with Crippen LogP contribution in [0.4, 0.5) is 26.3 Å². The van der Waals surface area contributed by atoms with Crippen LogP contribution in [0, 0.1) is 5.82 Å². The van der Waals surface area contributed by atoms with Crippen LogP contribution in [-0.4, -0.2) is 12.5 Å². The molecule has 23 heavy (non-hydrogen) atoms. The van der Waals surface area contributed by atoms with E-state index in [-0.39, 0.29) is 12.8 Å². The Kier molecular flexibility index (Phi) is 6.93. The van der Waals surface area contributed by atoms with Crippen molar-refractivity contribution in [3.8, 4) is 0 Å². The first-order chi connectivity index (χ1) is 10.8. The van der Waals surface area contributed by atoms with Gasteiger partial charge in [0.1, 0.15) is 11.6 Å². The fraction of sp³-hybridized carbons (Fsp3) is 0.250. The number of rotatable bonds is 7. The minimum Gasteiger partial charge on any atom is -0.428 e. The second-order valence-corrected chi connectivity index (χ2v) is 4.47. The molecule has 0 atom stereocenters. The molecule has 126 valence electrons. The molecule has 0 saturated carbocycles. The van der Waals surface area contributed by atoms with E-state index in [1.165, 1.54) is 30.3 Å². The number of halogens is 6. The van der Waals surface area contributed by atoms with Crippen molar-refractivity contribution in [2.24, 2.45) is 0 Å². The summed E-state index contributed by atoms with van der Waals surface area (Å²) in [6.45, 7) is 1.58. The average molecular weight is 336 g/mol. The average Bonchev–Trinajstić information content (AvgIpc) is 2.48. The highest BCUT2D eigenvalue weighted by Crippen LogP contribution is 2.28. The highest BCUT2D eigenvalue weighted by molar-refractivity contribution is 5.32. The SMILES string of the molecule is C\C=C(/C=C(\C=C\F)OC(F)(F)C(F)F)Cc1ccc(F)cc1. The van der Waals surface area contributed by atoms with Crippen LogP contribution in [-0.2, 0) is 11.2 Å². The smallest absolute Gasteiger partial charge is 0.428 e. The third kappa shape index (κ3) is 6.22. The van der Waals surface area contributed by atoms with Gasteiger partial charge in [-0.15, -0.1) is 0 Å². The minimum absolute atomic E-state index is 0.0987. The zero-order valence-electron chi connectivity index (χ0n) is 12.1. The standard InChI is InChI=1S/C16H14F6O/c1-2-11(9-12-3-5-13(18)6-4-12)10-14(7-8-17)23-16(21,22)15(19)20/h2-8,10,15H,9H2,1H3/b8-7+,11-2-,14-10+. The number of allylic oxidation sites excluding steroid dienone is 4. The van der Waals surface area contributed by atoms with Gasteiger partial charge >= 0.3 is 12.5 Å². The molecule has 1 rings (SSSR count). The molecule has 1 aromatic carbocycles. The summed E-state index contributed by atoms with van der Waals surface area (Å²) in [6, 6.07) is 5.39. The third-order valence-corrected chi connectivity index (χ3v) is 2.76. The molecule has 1 aromatic rings. The van der Waals surface area contributed by atoms with Crippen LogP contribution in [0.15, 0.2) is 60.2 Å². The summed E-state index contributed by atoms with van der Waals surface area (Å²) in [4.78, 5) is 0. The van der Waals surface area contributed by atoms with Crippen molar-refractivity contribution in [1.82, 2.24) is 0 Å². The number of ether oxygens (including phenoxy) is 1. The Morgan fingerprint density at radius 1 is 1.22 bits per heavy atom. The van der Waals surface area contributed by atoms with E-state index in [1.807, 2.05) is 0 Å². The van der Waals surface area contributed by atoms with Crippen LogP contribution in [0.1, 0.15) is 12.5 Å². The Morgan fingerprint density at radius 2 is 1.83 bits per heavy atom. The van der Waals surface area contributed by atoms with Gasteiger partial charge in [-0.1, -0.05) is 18.2 Å². The van der Waals surface area contributed by atoms with Crippen LogP contribution in [0.5, 0.6) is 0 Å². The Balaban J connectivity index is 2.97. The summed E-state index contributed by atoms with van der Waals surface area (Å²) in [7, 11) is 0. The first kappa shape index (κ1) is 18.9. The van der Waals surface area contributed by atoms with E-state index in [0.29, 0.717) is 17.2 Å². The van der Waals surface area contributed by atoms with Crippen molar-refractivity contribution in [3.63, 3.8) is 0 Å². The maximum absolute atomic E-state index is 12.9. The summed E-state index contributed by atoms with van der Waals surface area (Å²) in [5, 5.41) is 0. The number of benzene rings is 1. The van der Waals surface area contributed by atoms with Crippen LogP contribution >= 0.6 is 0 Å². The molecular formula is C16H14F6O. The van der Waals surface area contributed by atoms with E-state index in [1.54, 1.807) is 6.92 Å². The van der Waals surface area contributed by atoms with Crippen molar-refractivity contribution >= 4 is 0 Å². The maximum Gasteiger partial charge on any atom is 0.461 e. The molecule has 0 heterocycles. The second-order valence-electron chi connectivity index (χ2n) is 4.47. The number of hydrogen-bond acceptors (Lipinski definition) is 1. The molecule has 0 fully saturated rings. The van der Waals surface area contributed by atoms with Crippen molar-refractivity contribution < 1.29 is 31.1 Å². The van der Waals surface area contributed by atoms with E-state index < -0.39 is 24.1 Å². The fourth-order valence-corrected chi connectivity index (χ4v) is 1.63. The highest BCUT2D eigenvalue weighted by atomic mass is 19.3. The van der Waals surface area contributed by atoms with Gasteiger partial charge in [0, 0.05) is 6.08 Å². The predicted molar refractivity (Wildman–Crippen MR) is 74.2 cm³/mol. The lowest BCUT2D eigenvalue weighted by Crippen LogP contribution is -2.29. The van der Waals surface area contributed by atoms with Gasteiger partial charge in [0.05, 0.1) is 6.33 Å². The predicted octanol–water partition coefficient (Wildman–Crippen LogP) is 5.56. The van der Waals surface area contributed by atoms with Crippen LogP contribution < -0.4 is 0 Å². The molecule has 1 nitrogen and oxygen atoms in total. The summed E-state index contributed by atoms with van der Waals surface area (Å²) in [5.74, 6) is -1.19. The molecule has 0 unspecified atom stereocenters. The molecule has 0 aliphatic rings. The van der Waals surface area contributed by atoms with E-state index in [0.717, 1.165) is 6.08 Å². The Bertz CT molecular complexity index is 587. The second kappa shape index (κ2) is 8.45. The van der Waals surface area contributed by atoms with Gasteiger partial charge in [-0.2, -0.15) is 17.6 Å². The molecular weight excluding hydrogens is 322 g/mol. The molecule has 7 heteroatoms. The van der Waals surface area contributed by atoms with E-state index in [4.69, 9.17) is 0 Å².